The average molecular weight is 272 g/mol. The molecule has 0 amide bonds. The van der Waals surface area contributed by atoms with Crippen LogP contribution in [0.15, 0.2) is 18.2 Å². The molecule has 3 heteroatoms. The van der Waals surface area contributed by atoms with Gasteiger partial charge in [-0.2, -0.15) is 0 Å². The molecular weight excluding hydrogens is 252 g/mol. The van der Waals surface area contributed by atoms with Crippen LogP contribution in [0.1, 0.15) is 31.2 Å². The summed E-state index contributed by atoms with van der Waals surface area (Å²) < 4.78 is 1.30. The van der Waals surface area contributed by atoms with Gasteiger partial charge in [0.05, 0.1) is 10.2 Å². The Balaban J connectivity index is 1.48. The molecule has 1 aromatic carbocycles. The SMILES string of the molecule is Cc1ccc2nc(NCC(C3CC3)C3CC3)sc2c1. The molecule has 0 saturated heterocycles. The van der Waals surface area contributed by atoms with E-state index in [2.05, 4.69) is 30.4 Å². The molecule has 0 spiro atoms. The van der Waals surface area contributed by atoms with Crippen molar-refractivity contribution in [2.45, 2.75) is 32.6 Å². The zero-order valence-electron chi connectivity index (χ0n) is 11.4. The van der Waals surface area contributed by atoms with E-state index >= 15 is 0 Å². The second-order valence-corrected chi connectivity index (χ2v) is 7.24. The van der Waals surface area contributed by atoms with Gasteiger partial charge < -0.3 is 5.32 Å². The van der Waals surface area contributed by atoms with Gasteiger partial charge in [0.15, 0.2) is 5.13 Å². The number of hydrogen-bond acceptors (Lipinski definition) is 3. The molecule has 2 aliphatic carbocycles. The normalized spacial score (nSPS) is 19.3. The lowest BCUT2D eigenvalue weighted by Crippen LogP contribution is -2.18. The number of anilines is 1. The maximum atomic E-state index is 4.69. The van der Waals surface area contributed by atoms with E-state index < -0.39 is 0 Å². The smallest absolute Gasteiger partial charge is 0.183 e. The van der Waals surface area contributed by atoms with E-state index in [0.717, 1.165) is 34.9 Å². The van der Waals surface area contributed by atoms with E-state index in [1.807, 2.05) is 0 Å². The van der Waals surface area contributed by atoms with Crippen molar-refractivity contribution in [1.82, 2.24) is 4.98 Å². The summed E-state index contributed by atoms with van der Waals surface area (Å²) in [6, 6.07) is 6.51. The van der Waals surface area contributed by atoms with Gasteiger partial charge in [-0.3, -0.25) is 0 Å². The molecule has 0 bridgehead atoms. The van der Waals surface area contributed by atoms with Gasteiger partial charge in [-0.25, -0.2) is 4.98 Å². The van der Waals surface area contributed by atoms with Crippen LogP contribution < -0.4 is 5.32 Å². The minimum Gasteiger partial charge on any atom is -0.361 e. The molecule has 19 heavy (non-hydrogen) atoms. The summed E-state index contributed by atoms with van der Waals surface area (Å²) in [5.74, 6) is 2.93. The molecule has 0 radical (unpaired) electrons. The van der Waals surface area contributed by atoms with E-state index in [1.54, 1.807) is 11.3 Å². The summed E-state index contributed by atoms with van der Waals surface area (Å²) in [5, 5.41) is 4.71. The quantitative estimate of drug-likeness (QED) is 0.869. The number of nitrogens with zero attached hydrogens (tertiary/aromatic N) is 1. The number of nitrogens with one attached hydrogen (secondary N) is 1. The Hall–Kier alpha value is -1.09. The maximum absolute atomic E-state index is 4.69. The Labute approximate surface area is 118 Å². The number of fused-ring (bicyclic) bond motifs is 1. The standard InChI is InChI=1S/C16H20N2S/c1-10-2-7-14-15(8-10)19-16(18-14)17-9-13(11-3-4-11)12-5-6-12/h2,7-8,11-13H,3-6,9H2,1H3,(H,17,18). The Kier molecular flexibility index (Phi) is 2.76. The van der Waals surface area contributed by atoms with Crippen LogP contribution in [0.5, 0.6) is 0 Å². The van der Waals surface area contributed by atoms with E-state index in [1.165, 1.54) is 35.9 Å². The molecule has 2 aromatic rings. The van der Waals surface area contributed by atoms with Gasteiger partial charge >= 0.3 is 0 Å². The summed E-state index contributed by atoms with van der Waals surface area (Å²) in [6.07, 6.45) is 5.84. The lowest BCUT2D eigenvalue weighted by atomic mass is 9.98. The zero-order chi connectivity index (χ0) is 12.8. The predicted molar refractivity (Wildman–Crippen MR) is 81.8 cm³/mol. The molecule has 2 fully saturated rings. The minimum absolute atomic E-state index is 0.911. The predicted octanol–water partition coefficient (Wildman–Crippen LogP) is 4.45. The fourth-order valence-corrected chi connectivity index (χ4v) is 4.05. The molecular formula is C16H20N2S. The molecule has 1 heterocycles. The largest absolute Gasteiger partial charge is 0.361 e. The van der Waals surface area contributed by atoms with E-state index in [0.29, 0.717) is 0 Å². The molecule has 1 aromatic heterocycles. The second kappa shape index (κ2) is 4.48. The van der Waals surface area contributed by atoms with Crippen LogP contribution in [0, 0.1) is 24.7 Å². The highest BCUT2D eigenvalue weighted by Crippen LogP contribution is 2.49. The Morgan fingerprint density at radius 2 is 2.00 bits per heavy atom. The number of hydrogen-bond donors (Lipinski definition) is 1. The summed E-state index contributed by atoms with van der Waals surface area (Å²) in [7, 11) is 0. The molecule has 100 valence electrons. The molecule has 2 aliphatic rings. The molecule has 0 atom stereocenters. The van der Waals surface area contributed by atoms with Crippen molar-refractivity contribution < 1.29 is 0 Å². The van der Waals surface area contributed by atoms with Crippen LogP contribution in [0.4, 0.5) is 5.13 Å². The van der Waals surface area contributed by atoms with Gasteiger partial charge in [-0.15, -0.1) is 0 Å². The van der Waals surface area contributed by atoms with Gasteiger partial charge in [-0.1, -0.05) is 17.4 Å². The van der Waals surface area contributed by atoms with Gasteiger partial charge in [-0.05, 0) is 68.1 Å². The number of thiazole rings is 1. The number of aryl methyl sites for hydroxylation is 1. The molecule has 4 rings (SSSR count). The minimum atomic E-state index is 0.911. The molecule has 0 unspecified atom stereocenters. The third kappa shape index (κ3) is 2.48. The first kappa shape index (κ1) is 11.7. The van der Waals surface area contributed by atoms with Gasteiger partial charge in [0.25, 0.3) is 0 Å². The van der Waals surface area contributed by atoms with E-state index in [9.17, 15) is 0 Å². The van der Waals surface area contributed by atoms with Crippen molar-refractivity contribution in [2.24, 2.45) is 17.8 Å². The summed E-state index contributed by atoms with van der Waals surface area (Å²) >= 11 is 1.80. The van der Waals surface area contributed by atoms with Gasteiger partial charge in [0.2, 0.25) is 0 Å². The molecule has 0 aliphatic heterocycles. The van der Waals surface area contributed by atoms with Crippen molar-refractivity contribution in [2.75, 3.05) is 11.9 Å². The van der Waals surface area contributed by atoms with Crippen molar-refractivity contribution in [1.29, 1.82) is 0 Å². The fourth-order valence-electron chi connectivity index (χ4n) is 3.08. The summed E-state index contributed by atoms with van der Waals surface area (Å²) in [4.78, 5) is 4.69. The summed E-state index contributed by atoms with van der Waals surface area (Å²) in [5.41, 5.74) is 2.45. The van der Waals surface area contributed by atoms with E-state index in [-0.39, 0.29) is 0 Å². The Morgan fingerprint density at radius 3 is 2.68 bits per heavy atom. The van der Waals surface area contributed by atoms with Crippen molar-refractivity contribution >= 4 is 26.7 Å². The first-order chi connectivity index (χ1) is 9.29. The first-order valence-electron chi connectivity index (χ1n) is 7.40. The monoisotopic (exact) mass is 272 g/mol. The molecule has 1 N–H and O–H groups in total. The van der Waals surface area contributed by atoms with Crippen LogP contribution in [0.2, 0.25) is 0 Å². The van der Waals surface area contributed by atoms with Crippen molar-refractivity contribution in [3.63, 3.8) is 0 Å². The molecule has 2 saturated carbocycles. The van der Waals surface area contributed by atoms with Crippen LogP contribution in [-0.4, -0.2) is 11.5 Å². The number of rotatable bonds is 5. The highest BCUT2D eigenvalue weighted by Gasteiger charge is 2.41. The van der Waals surface area contributed by atoms with Crippen LogP contribution in [0.3, 0.4) is 0 Å². The number of benzene rings is 1. The van der Waals surface area contributed by atoms with Gasteiger partial charge in [0, 0.05) is 6.54 Å². The van der Waals surface area contributed by atoms with Crippen LogP contribution in [-0.2, 0) is 0 Å². The maximum Gasteiger partial charge on any atom is 0.183 e. The summed E-state index contributed by atoms with van der Waals surface area (Å²) in [6.45, 7) is 3.27. The average Bonchev–Trinajstić information content (AvgIpc) is 3.28. The first-order valence-corrected chi connectivity index (χ1v) is 8.22. The Morgan fingerprint density at radius 1 is 1.26 bits per heavy atom. The van der Waals surface area contributed by atoms with E-state index in [4.69, 9.17) is 4.98 Å². The van der Waals surface area contributed by atoms with Crippen molar-refractivity contribution in [3.8, 4) is 0 Å². The highest BCUT2D eigenvalue weighted by molar-refractivity contribution is 7.22. The van der Waals surface area contributed by atoms with Crippen LogP contribution >= 0.6 is 11.3 Å². The third-order valence-corrected chi connectivity index (χ3v) is 5.46. The van der Waals surface area contributed by atoms with Gasteiger partial charge in [0.1, 0.15) is 0 Å². The number of aromatic nitrogens is 1. The van der Waals surface area contributed by atoms with Crippen molar-refractivity contribution in [3.05, 3.63) is 23.8 Å². The zero-order valence-corrected chi connectivity index (χ0v) is 12.2. The lowest BCUT2D eigenvalue weighted by molar-refractivity contribution is 0.428. The third-order valence-electron chi connectivity index (χ3n) is 4.49. The highest BCUT2D eigenvalue weighted by atomic mass is 32.1. The molecule has 2 nitrogen and oxygen atoms in total. The topological polar surface area (TPSA) is 24.9 Å². The lowest BCUT2D eigenvalue weighted by Gasteiger charge is -2.15. The Bertz CT molecular complexity index is 584. The fraction of sp³-hybridized carbons (Fsp3) is 0.562. The van der Waals surface area contributed by atoms with Crippen LogP contribution in [0.25, 0.3) is 10.2 Å². The second-order valence-electron chi connectivity index (χ2n) is 6.21.